The van der Waals surface area contributed by atoms with Gasteiger partial charge in [-0.15, -0.1) is 0 Å². The molecule has 0 atom stereocenters. The molecule has 0 fully saturated rings. The van der Waals surface area contributed by atoms with Gasteiger partial charge in [0.2, 0.25) is 0 Å². The first kappa shape index (κ1) is 9.14. The van der Waals surface area contributed by atoms with E-state index in [1.165, 1.54) is 7.11 Å². The maximum atomic E-state index is 10.8. The predicted molar refractivity (Wildman–Crippen MR) is 40.0 cm³/mol. The Morgan fingerprint density at radius 1 is 1.60 bits per heavy atom. The van der Waals surface area contributed by atoms with E-state index >= 15 is 0 Å². The van der Waals surface area contributed by atoms with E-state index in [9.17, 15) is 4.79 Å². The van der Waals surface area contributed by atoms with Crippen molar-refractivity contribution in [3.8, 4) is 0 Å². The number of hydrogen-bond donors (Lipinski definition) is 0. The summed E-state index contributed by atoms with van der Waals surface area (Å²) in [6.07, 6.45) is 0.973. The van der Waals surface area contributed by atoms with Crippen LogP contribution in [0.3, 0.4) is 0 Å². The fraction of sp³-hybridized carbons (Fsp3) is 0.714. The van der Waals surface area contributed by atoms with Gasteiger partial charge in [0.1, 0.15) is 12.9 Å². The largest absolute Gasteiger partial charge is 0.399 e. The molecule has 0 aliphatic rings. The van der Waals surface area contributed by atoms with Crippen LogP contribution in [0.1, 0.15) is 26.7 Å². The average molecular weight is 143 g/mol. The van der Waals surface area contributed by atoms with Crippen LogP contribution in [0, 0.1) is 0 Å². The van der Waals surface area contributed by atoms with Crippen LogP contribution in [0.5, 0.6) is 0 Å². The Labute approximate surface area is 61.1 Å². The summed E-state index contributed by atoms with van der Waals surface area (Å²) >= 11 is 0. The zero-order valence-corrected chi connectivity index (χ0v) is 6.68. The van der Waals surface area contributed by atoms with Gasteiger partial charge in [-0.3, -0.25) is 4.79 Å². The lowest BCUT2D eigenvalue weighted by molar-refractivity contribution is -0.117. The molecular formula is C7H13NO2. The summed E-state index contributed by atoms with van der Waals surface area (Å²) in [7, 11) is 1.47. The number of Topliss-reactive ketones (excluding diaryl/α,β-unsaturated/α-hetero) is 1. The number of rotatable bonds is 4. The summed E-state index contributed by atoms with van der Waals surface area (Å²) < 4.78 is 0. The standard InChI is InChI=1S/C7H13NO2/c1-4-7(9)5-6(2)8-10-3/h4-5H2,1-3H3/b8-6+. The van der Waals surface area contributed by atoms with Crippen LogP contribution in [-0.2, 0) is 9.63 Å². The zero-order valence-electron chi connectivity index (χ0n) is 6.68. The summed E-state index contributed by atoms with van der Waals surface area (Å²) in [5.74, 6) is 0.193. The SMILES string of the molecule is CCC(=O)C/C(C)=N/OC. The van der Waals surface area contributed by atoms with E-state index < -0.39 is 0 Å². The molecule has 0 saturated carbocycles. The topological polar surface area (TPSA) is 38.7 Å². The second-order valence-electron chi connectivity index (χ2n) is 2.08. The molecule has 0 radical (unpaired) electrons. The molecule has 0 rings (SSSR count). The maximum absolute atomic E-state index is 10.8. The molecule has 0 aromatic carbocycles. The lowest BCUT2D eigenvalue weighted by Gasteiger charge is -1.95. The molecule has 0 aromatic heterocycles. The van der Waals surface area contributed by atoms with Crippen molar-refractivity contribution in [1.82, 2.24) is 0 Å². The van der Waals surface area contributed by atoms with Gasteiger partial charge >= 0.3 is 0 Å². The Kier molecular flexibility index (Phi) is 4.54. The third-order valence-electron chi connectivity index (χ3n) is 1.09. The maximum Gasteiger partial charge on any atom is 0.138 e. The minimum absolute atomic E-state index is 0.193. The van der Waals surface area contributed by atoms with Crippen LogP contribution >= 0.6 is 0 Å². The molecule has 0 spiro atoms. The van der Waals surface area contributed by atoms with E-state index in [2.05, 4.69) is 9.99 Å². The van der Waals surface area contributed by atoms with Gasteiger partial charge in [-0.25, -0.2) is 0 Å². The molecule has 3 nitrogen and oxygen atoms in total. The fourth-order valence-corrected chi connectivity index (χ4v) is 0.598. The van der Waals surface area contributed by atoms with Gasteiger partial charge in [-0.2, -0.15) is 0 Å². The molecule has 0 aromatic rings. The molecule has 0 unspecified atom stereocenters. The monoisotopic (exact) mass is 143 g/mol. The predicted octanol–water partition coefficient (Wildman–Crippen LogP) is 1.38. The number of carbonyl (C=O) groups excluding carboxylic acids is 1. The number of oxime groups is 1. The fourth-order valence-electron chi connectivity index (χ4n) is 0.598. The van der Waals surface area contributed by atoms with Crippen LogP contribution < -0.4 is 0 Å². The first-order valence-corrected chi connectivity index (χ1v) is 3.29. The summed E-state index contributed by atoms with van der Waals surface area (Å²) in [4.78, 5) is 15.2. The number of ketones is 1. The van der Waals surface area contributed by atoms with Gasteiger partial charge in [0.05, 0.1) is 5.71 Å². The Hall–Kier alpha value is -0.860. The van der Waals surface area contributed by atoms with Gasteiger partial charge in [0.25, 0.3) is 0 Å². The lowest BCUT2D eigenvalue weighted by atomic mass is 10.2. The Bertz CT molecular complexity index is 141. The molecule has 0 bridgehead atoms. The molecule has 0 amide bonds. The van der Waals surface area contributed by atoms with Crippen LogP contribution in [0.4, 0.5) is 0 Å². The highest BCUT2D eigenvalue weighted by molar-refractivity contribution is 6.00. The quantitative estimate of drug-likeness (QED) is 0.440. The summed E-state index contributed by atoms with van der Waals surface area (Å²) in [5, 5.41) is 3.61. The van der Waals surface area contributed by atoms with Gasteiger partial charge in [0, 0.05) is 12.8 Å². The van der Waals surface area contributed by atoms with E-state index in [0.29, 0.717) is 12.8 Å². The summed E-state index contributed by atoms with van der Waals surface area (Å²) in [6.45, 7) is 3.61. The van der Waals surface area contributed by atoms with E-state index in [1.54, 1.807) is 6.92 Å². The van der Waals surface area contributed by atoms with E-state index in [1.807, 2.05) is 6.92 Å². The molecular weight excluding hydrogens is 130 g/mol. The minimum Gasteiger partial charge on any atom is -0.399 e. The zero-order chi connectivity index (χ0) is 7.98. The van der Waals surface area contributed by atoms with Crippen LogP contribution in [0.25, 0.3) is 0 Å². The third kappa shape index (κ3) is 4.06. The summed E-state index contributed by atoms with van der Waals surface area (Å²) in [5.41, 5.74) is 0.731. The van der Waals surface area contributed by atoms with Crippen molar-refractivity contribution in [2.45, 2.75) is 26.7 Å². The summed E-state index contributed by atoms with van der Waals surface area (Å²) in [6, 6.07) is 0. The second-order valence-corrected chi connectivity index (χ2v) is 2.08. The number of carbonyl (C=O) groups is 1. The second kappa shape index (κ2) is 4.97. The van der Waals surface area contributed by atoms with E-state index in [4.69, 9.17) is 0 Å². The van der Waals surface area contributed by atoms with Crippen molar-refractivity contribution in [2.75, 3.05) is 7.11 Å². The van der Waals surface area contributed by atoms with Crippen molar-refractivity contribution < 1.29 is 9.63 Å². The van der Waals surface area contributed by atoms with E-state index in [-0.39, 0.29) is 5.78 Å². The van der Waals surface area contributed by atoms with Crippen LogP contribution in [0.2, 0.25) is 0 Å². The van der Waals surface area contributed by atoms with Crippen molar-refractivity contribution in [2.24, 2.45) is 5.16 Å². The molecule has 0 heterocycles. The number of nitrogens with zero attached hydrogens (tertiary/aromatic N) is 1. The third-order valence-corrected chi connectivity index (χ3v) is 1.09. The first-order valence-electron chi connectivity index (χ1n) is 3.29. The van der Waals surface area contributed by atoms with Gasteiger partial charge < -0.3 is 4.84 Å². The smallest absolute Gasteiger partial charge is 0.138 e. The molecule has 3 heteroatoms. The highest BCUT2D eigenvalue weighted by Crippen LogP contribution is 1.92. The number of hydrogen-bond acceptors (Lipinski definition) is 3. The molecule has 0 saturated heterocycles. The van der Waals surface area contributed by atoms with Crippen LogP contribution in [0.15, 0.2) is 5.16 Å². The van der Waals surface area contributed by atoms with Crippen molar-refractivity contribution in [1.29, 1.82) is 0 Å². The minimum atomic E-state index is 0.193. The van der Waals surface area contributed by atoms with Crippen molar-refractivity contribution in [3.63, 3.8) is 0 Å². The van der Waals surface area contributed by atoms with Gasteiger partial charge in [-0.1, -0.05) is 12.1 Å². The Balaban J connectivity index is 3.67. The highest BCUT2D eigenvalue weighted by atomic mass is 16.6. The molecule has 58 valence electrons. The van der Waals surface area contributed by atoms with Crippen molar-refractivity contribution >= 4 is 11.5 Å². The molecule has 10 heavy (non-hydrogen) atoms. The normalized spacial score (nSPS) is 11.3. The van der Waals surface area contributed by atoms with Crippen LogP contribution in [-0.4, -0.2) is 18.6 Å². The molecule has 0 aliphatic heterocycles. The van der Waals surface area contributed by atoms with Crippen molar-refractivity contribution in [3.05, 3.63) is 0 Å². The Morgan fingerprint density at radius 2 is 2.20 bits per heavy atom. The van der Waals surface area contributed by atoms with E-state index in [0.717, 1.165) is 5.71 Å². The average Bonchev–Trinajstić information content (AvgIpc) is 1.88. The Morgan fingerprint density at radius 3 is 2.60 bits per heavy atom. The van der Waals surface area contributed by atoms with Gasteiger partial charge in [-0.05, 0) is 6.92 Å². The molecule has 0 N–H and O–H groups in total. The highest BCUT2D eigenvalue weighted by Gasteiger charge is 1.99. The first-order chi connectivity index (χ1) is 4.70. The molecule has 0 aliphatic carbocycles. The van der Waals surface area contributed by atoms with Gasteiger partial charge in [0.15, 0.2) is 0 Å². The lowest BCUT2D eigenvalue weighted by Crippen LogP contribution is -2.02.